The molecule has 110 valence electrons. The second kappa shape index (κ2) is 5.76. The number of nitrogens with zero attached hydrogens (tertiary/aromatic N) is 1. The van der Waals surface area contributed by atoms with Crippen LogP contribution in [0.2, 0.25) is 0 Å². The molecule has 0 bridgehead atoms. The van der Waals surface area contributed by atoms with Crippen LogP contribution < -0.4 is 0 Å². The largest absolute Gasteiger partial charge is 0.260 e. The first kappa shape index (κ1) is 14.5. The molecule has 3 aromatic rings. The topological polar surface area (TPSA) is 12.9 Å². The molecule has 1 heteroatoms. The lowest BCUT2D eigenvalue weighted by Gasteiger charge is -2.17. The van der Waals surface area contributed by atoms with Crippen molar-refractivity contribution in [3.8, 4) is 22.3 Å². The van der Waals surface area contributed by atoms with E-state index in [1.807, 2.05) is 12.3 Å². The fourth-order valence-electron chi connectivity index (χ4n) is 2.52. The molecule has 0 spiro atoms. The normalized spacial score (nSPS) is 11.4. The lowest BCUT2D eigenvalue weighted by Crippen LogP contribution is -2.12. The van der Waals surface area contributed by atoms with Gasteiger partial charge in [0.25, 0.3) is 0 Å². The highest BCUT2D eigenvalue weighted by Gasteiger charge is 2.14. The standard InChI is InChI=1S/C21H21N/c1-21(2,3)20-13-12-19(15-22-20)18-11-7-10-17(14-18)16-8-5-4-6-9-16/h4-15H,1-3H3. The molecule has 22 heavy (non-hydrogen) atoms. The summed E-state index contributed by atoms with van der Waals surface area (Å²) in [5.74, 6) is 0. The highest BCUT2D eigenvalue weighted by Crippen LogP contribution is 2.27. The first-order valence-electron chi connectivity index (χ1n) is 7.66. The summed E-state index contributed by atoms with van der Waals surface area (Å²) in [6.45, 7) is 6.56. The monoisotopic (exact) mass is 287 g/mol. The third-order valence-corrected chi connectivity index (χ3v) is 3.83. The molecule has 0 saturated heterocycles. The van der Waals surface area contributed by atoms with E-state index in [0.29, 0.717) is 0 Å². The van der Waals surface area contributed by atoms with Crippen LogP contribution in [-0.2, 0) is 5.41 Å². The van der Waals surface area contributed by atoms with Gasteiger partial charge in [0.05, 0.1) is 0 Å². The minimum absolute atomic E-state index is 0.0877. The average Bonchev–Trinajstić information content (AvgIpc) is 2.55. The third-order valence-electron chi connectivity index (χ3n) is 3.83. The summed E-state index contributed by atoms with van der Waals surface area (Å²) in [5.41, 5.74) is 6.04. The Balaban J connectivity index is 1.96. The van der Waals surface area contributed by atoms with Gasteiger partial charge in [0, 0.05) is 22.9 Å². The SMILES string of the molecule is CC(C)(C)c1ccc(-c2cccc(-c3ccccc3)c2)cn1. The van der Waals surface area contributed by atoms with Crippen LogP contribution in [0.4, 0.5) is 0 Å². The molecule has 0 radical (unpaired) electrons. The predicted molar refractivity (Wildman–Crippen MR) is 93.8 cm³/mol. The first-order valence-corrected chi connectivity index (χ1v) is 7.66. The molecular formula is C21H21N. The van der Waals surface area contributed by atoms with E-state index in [1.54, 1.807) is 0 Å². The van der Waals surface area contributed by atoms with E-state index >= 15 is 0 Å². The van der Waals surface area contributed by atoms with Crippen LogP contribution in [-0.4, -0.2) is 4.98 Å². The fourth-order valence-corrected chi connectivity index (χ4v) is 2.52. The Morgan fingerprint density at radius 1 is 0.636 bits per heavy atom. The zero-order valence-corrected chi connectivity index (χ0v) is 13.4. The Bertz CT molecular complexity index is 750. The molecule has 1 nitrogen and oxygen atoms in total. The number of aromatic nitrogens is 1. The molecular weight excluding hydrogens is 266 g/mol. The summed E-state index contributed by atoms with van der Waals surface area (Å²) in [6.07, 6.45) is 1.98. The van der Waals surface area contributed by atoms with Crippen molar-refractivity contribution < 1.29 is 0 Å². The van der Waals surface area contributed by atoms with E-state index in [0.717, 1.165) is 11.3 Å². The first-order chi connectivity index (χ1) is 10.5. The summed E-state index contributed by atoms with van der Waals surface area (Å²) >= 11 is 0. The third kappa shape index (κ3) is 3.09. The number of rotatable bonds is 2. The maximum absolute atomic E-state index is 4.63. The van der Waals surface area contributed by atoms with E-state index in [4.69, 9.17) is 0 Å². The number of benzene rings is 2. The van der Waals surface area contributed by atoms with Crippen molar-refractivity contribution >= 4 is 0 Å². The van der Waals surface area contributed by atoms with E-state index in [2.05, 4.69) is 86.4 Å². The molecule has 1 aromatic heterocycles. The molecule has 0 N–H and O–H groups in total. The van der Waals surface area contributed by atoms with Crippen LogP contribution in [0.25, 0.3) is 22.3 Å². The average molecular weight is 287 g/mol. The summed E-state index contributed by atoms with van der Waals surface area (Å²) in [4.78, 5) is 4.63. The van der Waals surface area contributed by atoms with Crippen molar-refractivity contribution in [2.75, 3.05) is 0 Å². The number of hydrogen-bond donors (Lipinski definition) is 0. The Kier molecular flexibility index (Phi) is 3.81. The molecule has 1 heterocycles. The van der Waals surface area contributed by atoms with Crippen molar-refractivity contribution in [3.05, 3.63) is 78.6 Å². The van der Waals surface area contributed by atoms with Gasteiger partial charge in [-0.1, -0.05) is 75.4 Å². The van der Waals surface area contributed by atoms with Crippen molar-refractivity contribution in [2.24, 2.45) is 0 Å². The Morgan fingerprint density at radius 3 is 1.86 bits per heavy atom. The van der Waals surface area contributed by atoms with Crippen molar-refractivity contribution in [3.63, 3.8) is 0 Å². The van der Waals surface area contributed by atoms with Gasteiger partial charge in [0.15, 0.2) is 0 Å². The Hall–Kier alpha value is -2.41. The van der Waals surface area contributed by atoms with Crippen LogP contribution >= 0.6 is 0 Å². The zero-order chi connectivity index (χ0) is 15.6. The molecule has 0 amide bonds. The lowest BCUT2D eigenvalue weighted by molar-refractivity contribution is 0.569. The van der Waals surface area contributed by atoms with Gasteiger partial charge in [-0.3, -0.25) is 4.98 Å². The highest BCUT2D eigenvalue weighted by molar-refractivity contribution is 5.72. The summed E-state index contributed by atoms with van der Waals surface area (Å²) < 4.78 is 0. The minimum atomic E-state index is 0.0877. The molecule has 0 aliphatic carbocycles. The van der Waals surface area contributed by atoms with Gasteiger partial charge in [-0.15, -0.1) is 0 Å². The van der Waals surface area contributed by atoms with Gasteiger partial charge in [-0.2, -0.15) is 0 Å². The van der Waals surface area contributed by atoms with E-state index in [1.165, 1.54) is 16.7 Å². The second-order valence-corrected chi connectivity index (χ2v) is 6.63. The number of pyridine rings is 1. The van der Waals surface area contributed by atoms with Crippen molar-refractivity contribution in [2.45, 2.75) is 26.2 Å². The quantitative estimate of drug-likeness (QED) is 0.588. The molecule has 2 aromatic carbocycles. The van der Waals surface area contributed by atoms with Gasteiger partial charge in [-0.05, 0) is 28.8 Å². The molecule has 0 aliphatic heterocycles. The van der Waals surface area contributed by atoms with Gasteiger partial charge in [0.2, 0.25) is 0 Å². The Morgan fingerprint density at radius 2 is 1.27 bits per heavy atom. The highest BCUT2D eigenvalue weighted by atomic mass is 14.7. The fraction of sp³-hybridized carbons (Fsp3) is 0.190. The summed E-state index contributed by atoms with van der Waals surface area (Å²) in [5, 5.41) is 0. The summed E-state index contributed by atoms with van der Waals surface area (Å²) in [6, 6.07) is 23.4. The lowest BCUT2D eigenvalue weighted by atomic mass is 9.91. The zero-order valence-electron chi connectivity index (χ0n) is 13.4. The molecule has 0 saturated carbocycles. The smallest absolute Gasteiger partial charge is 0.0457 e. The van der Waals surface area contributed by atoms with Crippen molar-refractivity contribution in [1.82, 2.24) is 4.98 Å². The van der Waals surface area contributed by atoms with Crippen LogP contribution in [0.5, 0.6) is 0 Å². The molecule has 3 rings (SSSR count). The summed E-state index contributed by atoms with van der Waals surface area (Å²) in [7, 11) is 0. The van der Waals surface area contributed by atoms with Gasteiger partial charge in [-0.25, -0.2) is 0 Å². The van der Waals surface area contributed by atoms with E-state index in [-0.39, 0.29) is 5.41 Å². The molecule has 0 atom stereocenters. The maximum atomic E-state index is 4.63. The van der Waals surface area contributed by atoms with Gasteiger partial charge < -0.3 is 0 Å². The van der Waals surface area contributed by atoms with Crippen LogP contribution in [0.15, 0.2) is 72.9 Å². The van der Waals surface area contributed by atoms with Gasteiger partial charge in [0.1, 0.15) is 0 Å². The Labute approximate surface area is 132 Å². The second-order valence-electron chi connectivity index (χ2n) is 6.63. The molecule has 0 aliphatic rings. The number of hydrogen-bond acceptors (Lipinski definition) is 1. The predicted octanol–water partition coefficient (Wildman–Crippen LogP) is 5.71. The van der Waals surface area contributed by atoms with Crippen LogP contribution in [0.3, 0.4) is 0 Å². The van der Waals surface area contributed by atoms with Gasteiger partial charge >= 0.3 is 0 Å². The van der Waals surface area contributed by atoms with Crippen LogP contribution in [0.1, 0.15) is 26.5 Å². The van der Waals surface area contributed by atoms with Crippen molar-refractivity contribution in [1.29, 1.82) is 0 Å². The van der Waals surface area contributed by atoms with E-state index < -0.39 is 0 Å². The van der Waals surface area contributed by atoms with E-state index in [9.17, 15) is 0 Å². The van der Waals surface area contributed by atoms with Crippen LogP contribution in [0, 0.1) is 0 Å². The maximum Gasteiger partial charge on any atom is 0.0457 e. The molecule has 0 fully saturated rings. The molecule has 0 unspecified atom stereocenters. The minimum Gasteiger partial charge on any atom is -0.260 e.